The Morgan fingerprint density at radius 3 is 2.23 bits per heavy atom. The summed E-state index contributed by atoms with van der Waals surface area (Å²) < 4.78 is 0. The molecule has 0 radical (unpaired) electrons. The summed E-state index contributed by atoms with van der Waals surface area (Å²) in [5.74, 6) is 4.69. The molecule has 13 heavy (non-hydrogen) atoms. The molecular weight excluding hydrogens is 176 g/mol. The highest BCUT2D eigenvalue weighted by atomic mass is 32.2. The van der Waals surface area contributed by atoms with Gasteiger partial charge in [0, 0.05) is 0 Å². The molecule has 0 amide bonds. The molecule has 0 unspecified atom stereocenters. The fraction of sp³-hybridized carbons (Fsp3) is 1.00. The number of hydrogen-bond donors (Lipinski definition) is 0. The predicted molar refractivity (Wildman–Crippen MR) is 64.6 cm³/mol. The molecule has 78 valence electrons. The third-order valence-electron chi connectivity index (χ3n) is 2.90. The Kier molecular flexibility index (Phi) is 6.79. The highest BCUT2D eigenvalue weighted by molar-refractivity contribution is 7.96. The van der Waals surface area contributed by atoms with Crippen molar-refractivity contribution < 1.29 is 0 Å². The Hall–Kier alpha value is 0.350. The maximum Gasteiger partial charge on any atom is 0.108 e. The lowest BCUT2D eigenvalue weighted by Gasteiger charge is -2.13. The highest BCUT2D eigenvalue weighted by Gasteiger charge is 2.20. The molecule has 0 atom stereocenters. The molecule has 1 rings (SSSR count). The minimum absolute atomic E-state index is 0.850. The monoisotopic (exact) mass is 201 g/mol. The molecule has 0 N–H and O–H groups in total. The molecule has 1 heteroatoms. The van der Waals surface area contributed by atoms with E-state index in [2.05, 4.69) is 6.92 Å². The van der Waals surface area contributed by atoms with E-state index >= 15 is 0 Å². The third kappa shape index (κ3) is 5.61. The van der Waals surface area contributed by atoms with E-state index in [4.69, 9.17) is 0 Å². The van der Waals surface area contributed by atoms with Crippen LogP contribution in [0.4, 0.5) is 0 Å². The van der Waals surface area contributed by atoms with Crippen molar-refractivity contribution in [1.82, 2.24) is 0 Å². The van der Waals surface area contributed by atoms with Gasteiger partial charge in [0.05, 0.1) is 0 Å². The topological polar surface area (TPSA) is 0 Å². The lowest BCUT2D eigenvalue weighted by atomic mass is 10.2. The Balaban J connectivity index is 1.86. The van der Waals surface area contributed by atoms with Gasteiger partial charge in [-0.3, -0.25) is 0 Å². The molecule has 0 nitrogen and oxygen atoms in total. The normalized spacial score (nSPS) is 19.2. The van der Waals surface area contributed by atoms with E-state index in [1.165, 1.54) is 51.4 Å². The van der Waals surface area contributed by atoms with Crippen molar-refractivity contribution in [3.8, 4) is 0 Å². The van der Waals surface area contributed by atoms with Gasteiger partial charge in [-0.25, -0.2) is 0 Å². The van der Waals surface area contributed by atoms with E-state index in [0.717, 1.165) is 10.9 Å². The lowest BCUT2D eigenvalue weighted by molar-refractivity contribution is 0.657. The van der Waals surface area contributed by atoms with Crippen molar-refractivity contribution >= 4 is 10.9 Å². The molecule has 0 aliphatic carbocycles. The molecule has 0 aromatic carbocycles. The van der Waals surface area contributed by atoms with Gasteiger partial charge >= 0.3 is 0 Å². The van der Waals surface area contributed by atoms with Crippen molar-refractivity contribution in [1.29, 1.82) is 0 Å². The fourth-order valence-corrected chi connectivity index (χ4v) is 4.45. The smallest absolute Gasteiger partial charge is 0.0654 e. The minimum atomic E-state index is 0.850. The van der Waals surface area contributed by atoms with Gasteiger partial charge in [-0.1, -0.05) is 26.2 Å². The first-order valence-electron chi connectivity index (χ1n) is 6.07. The first-order valence-corrected chi connectivity index (χ1v) is 7.81. The zero-order valence-corrected chi connectivity index (χ0v) is 10.0. The molecule has 0 bridgehead atoms. The van der Waals surface area contributed by atoms with E-state index in [1.807, 2.05) is 0 Å². The van der Waals surface area contributed by atoms with Crippen LogP contribution in [0.2, 0.25) is 0 Å². The Bertz CT molecular complexity index is 106. The number of rotatable bonds is 6. The molecular formula is C12H25S+. The van der Waals surface area contributed by atoms with Crippen LogP contribution >= 0.6 is 0 Å². The second-order valence-corrected chi connectivity index (χ2v) is 6.65. The molecule has 1 saturated heterocycles. The zero-order chi connectivity index (χ0) is 9.36. The van der Waals surface area contributed by atoms with Crippen molar-refractivity contribution in [2.24, 2.45) is 0 Å². The number of unbranched alkanes of at least 4 members (excludes halogenated alkanes) is 4. The van der Waals surface area contributed by atoms with Crippen molar-refractivity contribution in [2.75, 3.05) is 17.3 Å². The predicted octanol–water partition coefficient (Wildman–Crippen LogP) is 3.76. The third-order valence-corrected chi connectivity index (χ3v) is 5.50. The van der Waals surface area contributed by atoms with Gasteiger partial charge in [-0.15, -0.1) is 0 Å². The molecule has 1 heterocycles. The first-order chi connectivity index (χ1) is 6.43. The summed E-state index contributed by atoms with van der Waals surface area (Å²) in [6, 6.07) is 0. The van der Waals surface area contributed by atoms with Gasteiger partial charge < -0.3 is 0 Å². The zero-order valence-electron chi connectivity index (χ0n) is 9.19. The van der Waals surface area contributed by atoms with Crippen LogP contribution in [0.25, 0.3) is 0 Å². The summed E-state index contributed by atoms with van der Waals surface area (Å²) in [5.41, 5.74) is 0. The molecule has 0 aromatic heterocycles. The summed E-state index contributed by atoms with van der Waals surface area (Å²) in [6.07, 6.45) is 11.9. The molecule has 0 spiro atoms. The summed E-state index contributed by atoms with van der Waals surface area (Å²) in [4.78, 5) is 0. The molecule has 1 aliphatic rings. The maximum absolute atomic E-state index is 2.29. The van der Waals surface area contributed by atoms with Gasteiger partial charge in [0.1, 0.15) is 17.3 Å². The van der Waals surface area contributed by atoms with Crippen LogP contribution in [0.5, 0.6) is 0 Å². The first kappa shape index (κ1) is 11.4. The largest absolute Gasteiger partial charge is 0.108 e. The summed E-state index contributed by atoms with van der Waals surface area (Å²) in [6.45, 7) is 2.29. The van der Waals surface area contributed by atoms with E-state index in [1.54, 1.807) is 17.3 Å². The van der Waals surface area contributed by atoms with E-state index < -0.39 is 0 Å². The standard InChI is InChI=1S/C12H25S/c1-2-3-4-5-7-10-13-11-8-6-9-12-13/h2-12H2,1H3/q+1. The van der Waals surface area contributed by atoms with Crippen molar-refractivity contribution in [3.63, 3.8) is 0 Å². The van der Waals surface area contributed by atoms with Gasteiger partial charge in [-0.05, 0) is 43.0 Å². The SMILES string of the molecule is CCCCCCC[S+]1CCCCC1. The van der Waals surface area contributed by atoms with Crippen LogP contribution in [0, 0.1) is 0 Å². The second-order valence-electron chi connectivity index (χ2n) is 4.20. The van der Waals surface area contributed by atoms with Gasteiger partial charge in [0.2, 0.25) is 0 Å². The number of hydrogen-bond acceptors (Lipinski definition) is 0. The van der Waals surface area contributed by atoms with Gasteiger partial charge in [0.15, 0.2) is 0 Å². The van der Waals surface area contributed by atoms with Crippen LogP contribution in [-0.4, -0.2) is 17.3 Å². The van der Waals surface area contributed by atoms with E-state index in [-0.39, 0.29) is 0 Å². The maximum atomic E-state index is 2.29. The van der Waals surface area contributed by atoms with Crippen LogP contribution in [0.3, 0.4) is 0 Å². The summed E-state index contributed by atoms with van der Waals surface area (Å²) >= 11 is 0. The summed E-state index contributed by atoms with van der Waals surface area (Å²) in [7, 11) is 0.850. The van der Waals surface area contributed by atoms with E-state index in [0.29, 0.717) is 0 Å². The molecule has 1 aliphatic heterocycles. The lowest BCUT2D eigenvalue weighted by Crippen LogP contribution is -2.20. The minimum Gasteiger partial charge on any atom is -0.0654 e. The average molecular weight is 201 g/mol. The Morgan fingerprint density at radius 2 is 1.54 bits per heavy atom. The van der Waals surface area contributed by atoms with Gasteiger partial charge in [0.25, 0.3) is 0 Å². The molecule has 0 aromatic rings. The summed E-state index contributed by atoms with van der Waals surface area (Å²) in [5, 5.41) is 0. The van der Waals surface area contributed by atoms with Crippen LogP contribution in [0.1, 0.15) is 58.3 Å². The quantitative estimate of drug-likeness (QED) is 0.453. The van der Waals surface area contributed by atoms with Crippen LogP contribution in [0.15, 0.2) is 0 Å². The van der Waals surface area contributed by atoms with Gasteiger partial charge in [-0.2, -0.15) is 0 Å². The second kappa shape index (κ2) is 7.73. The average Bonchev–Trinajstić information content (AvgIpc) is 2.19. The molecule has 0 saturated carbocycles. The van der Waals surface area contributed by atoms with Crippen LogP contribution < -0.4 is 0 Å². The molecule has 1 fully saturated rings. The Labute approximate surface area is 86.8 Å². The highest BCUT2D eigenvalue weighted by Crippen LogP contribution is 2.15. The van der Waals surface area contributed by atoms with E-state index in [9.17, 15) is 0 Å². The van der Waals surface area contributed by atoms with Crippen molar-refractivity contribution in [2.45, 2.75) is 58.3 Å². The fourth-order valence-electron chi connectivity index (χ4n) is 2.01. The Morgan fingerprint density at radius 1 is 0.846 bits per heavy atom. The van der Waals surface area contributed by atoms with Crippen molar-refractivity contribution in [3.05, 3.63) is 0 Å². The van der Waals surface area contributed by atoms with Crippen LogP contribution in [-0.2, 0) is 10.9 Å².